The second-order valence-corrected chi connectivity index (χ2v) is 12.0. The first kappa shape index (κ1) is 29.5. The van der Waals surface area contributed by atoms with Crippen LogP contribution in [0.15, 0.2) is 16.7 Å². The average molecular weight is 599 g/mol. The molecule has 40 heavy (non-hydrogen) atoms. The summed E-state index contributed by atoms with van der Waals surface area (Å²) in [6, 6.07) is -1.17. The van der Waals surface area contributed by atoms with Crippen LogP contribution in [-0.4, -0.2) is 83.9 Å². The molecule has 18 heteroatoms. The maximum Gasteiger partial charge on any atom is 0.362 e. The van der Waals surface area contributed by atoms with Gasteiger partial charge in [0.2, 0.25) is 11.5 Å². The van der Waals surface area contributed by atoms with E-state index in [4.69, 9.17) is 16.3 Å². The van der Waals surface area contributed by atoms with Gasteiger partial charge in [-0.05, 0) is 19.4 Å². The number of oxime groups is 1. The van der Waals surface area contributed by atoms with Crippen molar-refractivity contribution in [2.45, 2.75) is 69.6 Å². The Balaban J connectivity index is 1.53. The summed E-state index contributed by atoms with van der Waals surface area (Å²) in [7, 11) is -4.93. The number of nitrogens with zero attached hydrogens (tertiary/aromatic N) is 6. The summed E-state index contributed by atoms with van der Waals surface area (Å²) in [6.07, 6.45) is 3.99. The predicted octanol–water partition coefficient (Wildman–Crippen LogP) is 0.176. The van der Waals surface area contributed by atoms with Crippen molar-refractivity contribution in [3.63, 3.8) is 0 Å². The molecule has 0 spiro atoms. The van der Waals surface area contributed by atoms with Crippen molar-refractivity contribution in [1.29, 1.82) is 0 Å². The fourth-order valence-corrected chi connectivity index (χ4v) is 5.81. The van der Waals surface area contributed by atoms with E-state index >= 15 is 0 Å². The number of β-lactam (4-membered cyclic amide) rings is 1. The van der Waals surface area contributed by atoms with Gasteiger partial charge in [0.15, 0.2) is 16.6 Å². The van der Waals surface area contributed by atoms with E-state index in [-0.39, 0.29) is 46.1 Å². The number of nitrogens with two attached hydrogens (primary N) is 2. The third-order valence-corrected chi connectivity index (χ3v) is 8.51. The van der Waals surface area contributed by atoms with Crippen LogP contribution in [0.3, 0.4) is 0 Å². The van der Waals surface area contributed by atoms with Crippen molar-refractivity contribution in [2.75, 3.05) is 12.3 Å². The van der Waals surface area contributed by atoms with Gasteiger partial charge in [-0.15, -0.1) is 11.3 Å². The Morgan fingerprint density at radius 1 is 1.35 bits per heavy atom. The van der Waals surface area contributed by atoms with Crippen LogP contribution in [0.25, 0.3) is 0 Å². The molecule has 0 aromatic carbocycles. The zero-order chi connectivity index (χ0) is 29.2. The molecule has 1 saturated heterocycles. The molecular weight excluding hydrogens is 568 g/mol. The van der Waals surface area contributed by atoms with Crippen LogP contribution in [0.4, 0.5) is 5.13 Å². The lowest BCUT2D eigenvalue weighted by atomic mass is 9.84. The fourth-order valence-electron chi connectivity index (χ4n) is 4.34. The first-order valence-electron chi connectivity index (χ1n) is 12.5. The Kier molecular flexibility index (Phi) is 8.52. The topological polar surface area (TPSA) is 246 Å². The molecule has 218 valence electrons. The number of aliphatic carboxylic acids is 1. The molecule has 1 amide bonds. The molecule has 4 rings (SSSR count). The van der Waals surface area contributed by atoms with Gasteiger partial charge in [0.25, 0.3) is 0 Å². The van der Waals surface area contributed by atoms with E-state index in [2.05, 4.69) is 20.3 Å². The highest BCUT2D eigenvalue weighted by molar-refractivity contribution is 7.84. The van der Waals surface area contributed by atoms with E-state index in [0.717, 1.165) is 30.6 Å². The molecule has 1 aliphatic heterocycles. The third kappa shape index (κ3) is 6.29. The number of rotatable bonds is 15. The van der Waals surface area contributed by atoms with Gasteiger partial charge in [0.05, 0.1) is 30.4 Å². The summed E-state index contributed by atoms with van der Waals surface area (Å²) >= 11 is 1.01. The molecule has 0 bridgehead atoms. The van der Waals surface area contributed by atoms with Crippen molar-refractivity contribution in [1.82, 2.24) is 24.3 Å². The van der Waals surface area contributed by atoms with Crippen LogP contribution in [0.1, 0.15) is 62.8 Å². The van der Waals surface area contributed by atoms with Crippen LogP contribution >= 0.6 is 11.3 Å². The minimum absolute atomic E-state index is 0.0191. The maximum absolute atomic E-state index is 13.3. The summed E-state index contributed by atoms with van der Waals surface area (Å²) in [4.78, 5) is 48.0. The van der Waals surface area contributed by atoms with Gasteiger partial charge in [-0.3, -0.25) is 14.1 Å². The number of carbonyl (C=O) groups is 3. The quantitative estimate of drug-likeness (QED) is 0.0703. The maximum atomic E-state index is 13.3. The minimum atomic E-state index is -4.93. The number of unbranched alkanes of at least 4 members (excludes halogenated alkanes) is 1. The second-order valence-electron chi connectivity index (χ2n) is 9.82. The number of Topliss-reactive ketones (excluding diaryl/α,β-unsaturated/α-hetero) is 1. The monoisotopic (exact) mass is 598 g/mol. The van der Waals surface area contributed by atoms with E-state index < -0.39 is 51.9 Å². The number of hydrogen-bond acceptors (Lipinski definition) is 13. The van der Waals surface area contributed by atoms with E-state index in [1.807, 2.05) is 6.92 Å². The van der Waals surface area contributed by atoms with Gasteiger partial charge in [-0.2, -0.15) is 23.4 Å². The standard InChI is InChI=1S/C22H30N8O8S2/c1-12(4-2-3-7-23)14-9-25-29(27-14)10-16-13(19(32)30(16)40(35,36)37)8-17(31)18(15-11-39-21(24)26-15)28-38-22(5-6-22)20(33)34/h9,11-13,16H,2-8,10,23H2,1H3,(H2,24,26)(H,33,34)(H,35,36,37)/b28-18-/t12-,13+,16-/m1/s1. The molecule has 6 N–H and O–H groups in total. The number of carboxylic acid groups (broad SMARTS) is 1. The number of ketones is 1. The first-order valence-corrected chi connectivity index (χ1v) is 14.8. The van der Waals surface area contributed by atoms with Gasteiger partial charge < -0.3 is 21.4 Å². The molecule has 16 nitrogen and oxygen atoms in total. The van der Waals surface area contributed by atoms with Gasteiger partial charge >= 0.3 is 16.3 Å². The van der Waals surface area contributed by atoms with Crippen molar-refractivity contribution in [3.05, 3.63) is 23.0 Å². The Morgan fingerprint density at radius 3 is 2.65 bits per heavy atom. The summed E-state index contributed by atoms with van der Waals surface area (Å²) in [5, 5.41) is 23.2. The zero-order valence-corrected chi connectivity index (χ0v) is 23.2. The lowest BCUT2D eigenvalue weighted by molar-refractivity contribution is -0.153. The molecule has 2 fully saturated rings. The summed E-state index contributed by atoms with van der Waals surface area (Å²) in [5.74, 6) is -4.11. The molecule has 2 aliphatic rings. The van der Waals surface area contributed by atoms with Crippen molar-refractivity contribution >= 4 is 50.1 Å². The second kappa shape index (κ2) is 11.6. The molecule has 2 aromatic rings. The number of thiazole rings is 1. The van der Waals surface area contributed by atoms with Crippen LogP contribution in [0, 0.1) is 5.92 Å². The van der Waals surface area contributed by atoms with Crippen LogP contribution in [-0.2, 0) is 36.1 Å². The Hall–Kier alpha value is -3.48. The Bertz CT molecular complexity index is 1420. The zero-order valence-electron chi connectivity index (χ0n) is 21.5. The number of aromatic nitrogens is 4. The fraction of sp³-hybridized carbons (Fsp3) is 0.591. The number of hydrogen-bond donors (Lipinski definition) is 4. The lowest BCUT2D eigenvalue weighted by Gasteiger charge is -2.43. The third-order valence-electron chi connectivity index (χ3n) is 6.89. The van der Waals surface area contributed by atoms with E-state index in [9.17, 15) is 32.5 Å². The number of carbonyl (C=O) groups excluding carboxylic acids is 2. The summed E-state index contributed by atoms with van der Waals surface area (Å²) in [6.45, 7) is 2.33. The lowest BCUT2D eigenvalue weighted by Crippen LogP contribution is -2.64. The van der Waals surface area contributed by atoms with Gasteiger partial charge in [-0.25, -0.2) is 14.1 Å². The van der Waals surface area contributed by atoms with Crippen LogP contribution in [0.2, 0.25) is 0 Å². The molecule has 3 atom stereocenters. The Labute approximate surface area is 233 Å². The Morgan fingerprint density at radius 2 is 2.08 bits per heavy atom. The van der Waals surface area contributed by atoms with Crippen LogP contribution in [0.5, 0.6) is 0 Å². The first-order chi connectivity index (χ1) is 18.9. The minimum Gasteiger partial charge on any atom is -0.478 e. The van der Waals surface area contributed by atoms with E-state index in [0.29, 0.717) is 12.2 Å². The van der Waals surface area contributed by atoms with E-state index in [1.54, 1.807) is 0 Å². The molecule has 0 unspecified atom stereocenters. The number of carboxylic acids is 1. The largest absolute Gasteiger partial charge is 0.478 e. The highest BCUT2D eigenvalue weighted by Crippen LogP contribution is 2.40. The molecule has 1 saturated carbocycles. The summed E-state index contributed by atoms with van der Waals surface area (Å²) in [5.41, 5.74) is 9.99. The molecular formula is C22H30N8O8S2. The molecule has 2 aromatic heterocycles. The normalized spacial score (nSPS) is 21.1. The van der Waals surface area contributed by atoms with Gasteiger partial charge in [-0.1, -0.05) is 18.5 Å². The highest BCUT2D eigenvalue weighted by Gasteiger charge is 2.56. The molecule has 0 radical (unpaired) electrons. The predicted molar refractivity (Wildman–Crippen MR) is 140 cm³/mol. The van der Waals surface area contributed by atoms with Crippen molar-refractivity contribution < 1.29 is 37.3 Å². The van der Waals surface area contributed by atoms with Gasteiger partial charge in [0.1, 0.15) is 5.69 Å². The molecule has 1 aliphatic carbocycles. The smallest absolute Gasteiger partial charge is 0.362 e. The van der Waals surface area contributed by atoms with Crippen LogP contribution < -0.4 is 11.5 Å². The number of nitrogen functional groups attached to an aromatic ring is 1. The highest BCUT2D eigenvalue weighted by atomic mass is 32.2. The SMILES string of the molecule is C[C@H](CCCCN)c1cnn(C[C@@H]2[C@H](CC(=O)/C(=N\OC3(C(=O)O)CC3)c3csc(N)n3)C(=O)N2S(=O)(=O)O)n1. The van der Waals surface area contributed by atoms with E-state index in [1.165, 1.54) is 16.4 Å². The number of amides is 1. The average Bonchev–Trinajstić information content (AvgIpc) is 3.32. The van der Waals surface area contributed by atoms with Crippen molar-refractivity contribution in [2.24, 2.45) is 16.8 Å². The van der Waals surface area contributed by atoms with Crippen molar-refractivity contribution in [3.8, 4) is 0 Å². The number of anilines is 1. The van der Waals surface area contributed by atoms with Gasteiger partial charge in [0, 0.05) is 30.6 Å². The molecule has 3 heterocycles. The summed E-state index contributed by atoms with van der Waals surface area (Å²) < 4.78 is 33.8.